The van der Waals surface area contributed by atoms with E-state index in [1.54, 1.807) is 6.92 Å². The van der Waals surface area contributed by atoms with Crippen LogP contribution in [0.1, 0.15) is 33.1 Å². The fourth-order valence-corrected chi connectivity index (χ4v) is 3.41. The van der Waals surface area contributed by atoms with Crippen molar-refractivity contribution in [2.24, 2.45) is 5.41 Å². The topological polar surface area (TPSA) is 149 Å². The Bertz CT molecular complexity index is 603. The van der Waals surface area contributed by atoms with Gasteiger partial charge in [-0.15, -0.1) is 0 Å². The summed E-state index contributed by atoms with van der Waals surface area (Å²) in [5.74, 6) is -1.79. The number of carboxylic acid groups (broad SMARTS) is 1. The monoisotopic (exact) mass is 455 g/mol. The maximum absolute atomic E-state index is 12.3. The third-order valence-electron chi connectivity index (χ3n) is 3.92. The van der Waals surface area contributed by atoms with Crippen molar-refractivity contribution in [1.82, 2.24) is 0 Å². The third-order valence-corrected chi connectivity index (χ3v) is 5.28. The second-order valence-corrected chi connectivity index (χ2v) is 10.7. The molecule has 0 amide bonds. The molecular weight excluding hydrogens is 423 g/mol. The Kier molecular flexibility index (Phi) is 11.0. The summed E-state index contributed by atoms with van der Waals surface area (Å²) in [6.07, 6.45) is -0.181. The number of nitriles is 1. The lowest BCUT2D eigenvalue weighted by atomic mass is 9.78. The molecular formula is C17H32N2O8PS+. The molecule has 0 aliphatic heterocycles. The third kappa shape index (κ3) is 13.0. The van der Waals surface area contributed by atoms with Crippen LogP contribution >= 0.6 is 20.8 Å². The lowest BCUT2D eigenvalue weighted by Gasteiger charge is -2.30. The highest BCUT2D eigenvalue weighted by Crippen LogP contribution is 2.47. The Labute approximate surface area is 178 Å². The van der Waals surface area contributed by atoms with Crippen LogP contribution in [-0.2, 0) is 23.4 Å². The van der Waals surface area contributed by atoms with Crippen LogP contribution in [0.2, 0.25) is 0 Å². The lowest BCUT2D eigenvalue weighted by molar-refractivity contribution is -0.870. The van der Waals surface area contributed by atoms with Crippen molar-refractivity contribution in [2.75, 3.05) is 47.5 Å². The predicted molar refractivity (Wildman–Crippen MR) is 107 cm³/mol. The van der Waals surface area contributed by atoms with Crippen molar-refractivity contribution in [3.8, 4) is 6.07 Å². The van der Waals surface area contributed by atoms with E-state index < -0.39 is 30.3 Å². The van der Waals surface area contributed by atoms with Gasteiger partial charge in [0.05, 0.1) is 32.6 Å². The van der Waals surface area contributed by atoms with E-state index in [1.807, 2.05) is 27.2 Å². The van der Waals surface area contributed by atoms with Crippen LogP contribution in [0.4, 0.5) is 0 Å². The molecule has 0 aromatic carbocycles. The first-order valence-corrected chi connectivity index (χ1v) is 10.9. The van der Waals surface area contributed by atoms with Crippen LogP contribution in [0.15, 0.2) is 0 Å². The molecule has 12 heteroatoms. The van der Waals surface area contributed by atoms with Crippen molar-refractivity contribution in [1.29, 1.82) is 5.26 Å². The highest BCUT2D eigenvalue weighted by atomic mass is 32.1. The molecule has 3 unspecified atom stereocenters. The van der Waals surface area contributed by atoms with E-state index in [0.29, 0.717) is 11.0 Å². The van der Waals surface area contributed by atoms with Crippen LogP contribution in [0.25, 0.3) is 0 Å². The van der Waals surface area contributed by atoms with Crippen molar-refractivity contribution in [2.45, 2.75) is 37.9 Å². The number of hydrogen-bond donors (Lipinski definition) is 3. The number of nitrogens with zero attached hydrogens (tertiary/aromatic N) is 2. The molecule has 168 valence electrons. The summed E-state index contributed by atoms with van der Waals surface area (Å²) in [6, 6.07) is 2.03. The number of phosphoric ester groups is 1. The number of ether oxygens (including phenoxy) is 1. The molecule has 0 saturated carbocycles. The number of hydrogen-bond acceptors (Lipinski definition) is 9. The minimum absolute atomic E-state index is 0.0227. The predicted octanol–water partition coefficient (Wildman–Crippen LogP) is 0.772. The molecule has 0 fully saturated rings. The van der Waals surface area contributed by atoms with E-state index >= 15 is 0 Å². The number of aliphatic carboxylic acids is 1. The molecule has 0 aliphatic carbocycles. The zero-order valence-electron chi connectivity index (χ0n) is 17.6. The highest BCUT2D eigenvalue weighted by Gasteiger charge is 2.40. The molecule has 0 aromatic rings. The normalized spacial score (nSPS) is 18.0. The standard InChI is InChI=1S/C17H31N2O8PS/c1-16(13-18,7-6-14(20)21)12-17(2,29)15(22)25-10-11-27-28(23,24)26-9-8-19(3,4)5/h6-12H2,1-5H3,(H2-,20,21,23,24,29)/p+1. The van der Waals surface area contributed by atoms with Crippen LogP contribution in [0.3, 0.4) is 0 Å². The summed E-state index contributed by atoms with van der Waals surface area (Å²) in [5.41, 5.74) is -1.08. The van der Waals surface area contributed by atoms with E-state index in [-0.39, 0.29) is 39.1 Å². The Morgan fingerprint density at radius 3 is 2.24 bits per heavy atom. The van der Waals surface area contributed by atoms with Gasteiger partial charge in [-0.05, 0) is 26.7 Å². The molecule has 0 radical (unpaired) electrons. The van der Waals surface area contributed by atoms with Crippen LogP contribution in [0, 0.1) is 16.7 Å². The summed E-state index contributed by atoms with van der Waals surface area (Å²) in [4.78, 5) is 44.4. The second kappa shape index (κ2) is 11.4. The lowest BCUT2D eigenvalue weighted by Crippen LogP contribution is -2.38. The first kappa shape index (κ1) is 28.0. The Balaban J connectivity index is 4.47. The van der Waals surface area contributed by atoms with Crippen LogP contribution in [-0.4, -0.2) is 78.7 Å². The van der Waals surface area contributed by atoms with E-state index in [2.05, 4.69) is 12.6 Å². The van der Waals surface area contributed by atoms with Gasteiger partial charge >= 0.3 is 20.1 Å². The van der Waals surface area contributed by atoms with E-state index in [1.165, 1.54) is 6.92 Å². The molecule has 29 heavy (non-hydrogen) atoms. The van der Waals surface area contributed by atoms with E-state index in [4.69, 9.17) is 18.9 Å². The fraction of sp³-hybridized carbons (Fsp3) is 0.824. The van der Waals surface area contributed by atoms with Crippen molar-refractivity contribution >= 4 is 32.7 Å². The van der Waals surface area contributed by atoms with Crippen molar-refractivity contribution in [3.05, 3.63) is 0 Å². The van der Waals surface area contributed by atoms with E-state index in [9.17, 15) is 24.6 Å². The molecule has 0 saturated heterocycles. The Morgan fingerprint density at radius 2 is 1.76 bits per heavy atom. The quantitative estimate of drug-likeness (QED) is 0.113. The number of likely N-dealkylation sites (N-methyl/N-ethyl adjacent to an activating group) is 1. The average molecular weight is 455 g/mol. The molecule has 0 aliphatic rings. The Morgan fingerprint density at radius 1 is 1.21 bits per heavy atom. The van der Waals surface area contributed by atoms with Gasteiger partial charge in [-0.3, -0.25) is 9.59 Å². The number of phosphoric acid groups is 1. The highest BCUT2D eigenvalue weighted by molar-refractivity contribution is 7.82. The number of rotatable bonds is 14. The first-order chi connectivity index (χ1) is 13.0. The van der Waals surface area contributed by atoms with Crippen LogP contribution in [0.5, 0.6) is 0 Å². The fourth-order valence-electron chi connectivity index (χ4n) is 2.31. The zero-order valence-corrected chi connectivity index (χ0v) is 19.4. The molecule has 10 nitrogen and oxygen atoms in total. The van der Waals surface area contributed by atoms with Gasteiger partial charge in [0.15, 0.2) is 0 Å². The van der Waals surface area contributed by atoms with Gasteiger partial charge in [0.1, 0.15) is 31.1 Å². The summed E-state index contributed by atoms with van der Waals surface area (Å²) in [7, 11) is 1.45. The zero-order chi connectivity index (χ0) is 22.9. The van der Waals surface area contributed by atoms with Gasteiger partial charge in [0.2, 0.25) is 0 Å². The largest absolute Gasteiger partial charge is 0.606 e. The molecule has 0 aromatic heterocycles. The first-order valence-electron chi connectivity index (χ1n) is 8.97. The molecule has 0 spiro atoms. The maximum atomic E-state index is 12.3. The number of carboxylic acids is 1. The average Bonchev–Trinajstić information content (AvgIpc) is 2.55. The van der Waals surface area contributed by atoms with Gasteiger partial charge in [-0.25, -0.2) is 0 Å². The molecule has 0 rings (SSSR count). The Hall–Kier alpha value is -0.990. The van der Waals surface area contributed by atoms with Gasteiger partial charge in [0.25, 0.3) is 0 Å². The van der Waals surface area contributed by atoms with Crippen LogP contribution < -0.4 is 4.89 Å². The van der Waals surface area contributed by atoms with Crippen molar-refractivity contribution in [3.63, 3.8) is 0 Å². The number of carbonyl (C=O) groups excluding carboxylic acids is 1. The summed E-state index contributed by atoms with van der Waals surface area (Å²) in [6.45, 7) is 2.87. The van der Waals surface area contributed by atoms with Gasteiger partial charge in [0, 0.05) is 6.42 Å². The number of carbonyl (C=O) groups is 2. The van der Waals surface area contributed by atoms with Gasteiger partial charge in [-0.2, -0.15) is 31.8 Å². The summed E-state index contributed by atoms with van der Waals surface area (Å²) >= 11 is 4.26. The minimum Gasteiger partial charge on any atom is -0.606 e. The van der Waals surface area contributed by atoms with Crippen molar-refractivity contribution < 1.29 is 42.7 Å². The smallest absolute Gasteiger partial charge is 0.377 e. The molecule has 0 bridgehead atoms. The number of thiol groups is 1. The summed E-state index contributed by atoms with van der Waals surface area (Å²) in [5, 5.41) is 18.1. The van der Waals surface area contributed by atoms with Gasteiger partial charge < -0.3 is 19.2 Å². The maximum Gasteiger partial charge on any atom is 0.377 e. The number of quaternary nitrogens is 1. The minimum atomic E-state index is -4.26. The van der Waals surface area contributed by atoms with E-state index in [0.717, 1.165) is 0 Å². The molecule has 3 atom stereocenters. The SMILES string of the molecule is CC(C#N)(CCC(=O)O)CC(C)(S)C(=O)OCCO[P+]([O-])(O)OCC[N+](C)(C)C. The molecule has 0 heterocycles. The molecule has 2 N–H and O–H groups in total. The number of esters is 1. The second-order valence-electron chi connectivity index (χ2n) is 8.30. The van der Waals surface area contributed by atoms with Gasteiger partial charge in [-0.1, -0.05) is 0 Å². The summed E-state index contributed by atoms with van der Waals surface area (Å²) < 4.78 is 13.8.